The zero-order valence-electron chi connectivity index (χ0n) is 12.2. The fraction of sp³-hybridized carbons (Fsp3) is 0.353. The van der Waals surface area contributed by atoms with Crippen LogP contribution < -0.4 is 5.32 Å². The second kappa shape index (κ2) is 6.38. The Morgan fingerprint density at radius 2 is 1.90 bits per heavy atom. The van der Waals surface area contributed by atoms with Crippen LogP contribution in [0.4, 0.5) is 0 Å². The Labute approximate surface area is 126 Å². The highest BCUT2D eigenvalue weighted by Gasteiger charge is 2.30. The van der Waals surface area contributed by atoms with Crippen molar-refractivity contribution in [2.45, 2.75) is 31.7 Å². The normalized spacial score (nSPS) is 13.2. The largest absolute Gasteiger partial charge is 0.316 e. The van der Waals surface area contributed by atoms with Crippen molar-refractivity contribution < 1.29 is 0 Å². The van der Waals surface area contributed by atoms with Crippen molar-refractivity contribution in [3.63, 3.8) is 0 Å². The summed E-state index contributed by atoms with van der Waals surface area (Å²) in [5, 5.41) is 4.17. The Kier molecular flexibility index (Phi) is 4.79. The number of rotatable bonds is 5. The van der Waals surface area contributed by atoms with Crippen LogP contribution in [-0.2, 0) is 11.8 Å². The minimum Gasteiger partial charge on any atom is -0.316 e. The highest BCUT2D eigenvalue weighted by molar-refractivity contribution is 6.31. The number of pyridine rings is 1. The molecule has 1 atom stereocenters. The van der Waals surface area contributed by atoms with Gasteiger partial charge in [0.15, 0.2) is 0 Å². The van der Waals surface area contributed by atoms with E-state index in [2.05, 4.69) is 48.4 Å². The number of hydrogen-bond acceptors (Lipinski definition) is 2. The van der Waals surface area contributed by atoms with Gasteiger partial charge in [-0.2, -0.15) is 0 Å². The van der Waals surface area contributed by atoms with Crippen LogP contribution in [0.5, 0.6) is 0 Å². The van der Waals surface area contributed by atoms with E-state index < -0.39 is 0 Å². The summed E-state index contributed by atoms with van der Waals surface area (Å²) >= 11 is 6.23. The molecule has 0 aliphatic heterocycles. The summed E-state index contributed by atoms with van der Waals surface area (Å²) in [5.41, 5.74) is 2.47. The topological polar surface area (TPSA) is 24.9 Å². The summed E-state index contributed by atoms with van der Waals surface area (Å²) in [6, 6.07) is 12.9. The third-order valence-electron chi connectivity index (χ3n) is 4.02. The van der Waals surface area contributed by atoms with Crippen LogP contribution in [-0.4, -0.2) is 18.1 Å². The molecule has 106 valence electrons. The van der Waals surface area contributed by atoms with Gasteiger partial charge in [-0.25, -0.2) is 0 Å². The molecule has 0 saturated carbocycles. The van der Waals surface area contributed by atoms with Crippen LogP contribution in [0.2, 0.25) is 5.02 Å². The van der Waals surface area contributed by atoms with Crippen LogP contribution in [0.25, 0.3) is 0 Å². The van der Waals surface area contributed by atoms with Gasteiger partial charge in [-0.1, -0.05) is 55.8 Å². The first-order valence-corrected chi connectivity index (χ1v) is 7.24. The molecule has 0 saturated heterocycles. The standard InChI is InChI=1S/C17H21ClN2/c1-17(2,14-7-5-4-6-8-14)16(19-3)11-13-9-10-20-12-15(13)18/h4-10,12,16,19H,11H2,1-3H3. The van der Waals surface area contributed by atoms with Crippen LogP contribution in [0.1, 0.15) is 25.0 Å². The molecule has 1 heterocycles. The first-order valence-electron chi connectivity index (χ1n) is 6.87. The van der Waals surface area contributed by atoms with Crippen molar-refractivity contribution in [2.75, 3.05) is 7.05 Å². The number of nitrogens with zero attached hydrogens (tertiary/aromatic N) is 1. The maximum Gasteiger partial charge on any atom is 0.0621 e. The number of benzene rings is 1. The summed E-state index contributed by atoms with van der Waals surface area (Å²) in [6.45, 7) is 4.52. The smallest absolute Gasteiger partial charge is 0.0621 e. The van der Waals surface area contributed by atoms with Gasteiger partial charge in [0.25, 0.3) is 0 Å². The lowest BCUT2D eigenvalue weighted by Gasteiger charge is -2.35. The Morgan fingerprint density at radius 3 is 2.50 bits per heavy atom. The number of halogens is 1. The van der Waals surface area contributed by atoms with E-state index in [-0.39, 0.29) is 5.41 Å². The average molecular weight is 289 g/mol. The molecule has 0 amide bonds. The van der Waals surface area contributed by atoms with E-state index in [1.807, 2.05) is 19.2 Å². The highest BCUT2D eigenvalue weighted by Crippen LogP contribution is 2.30. The van der Waals surface area contributed by atoms with Gasteiger partial charge in [-0.15, -0.1) is 0 Å². The van der Waals surface area contributed by atoms with Gasteiger partial charge < -0.3 is 5.32 Å². The van der Waals surface area contributed by atoms with Crippen molar-refractivity contribution in [3.8, 4) is 0 Å². The monoisotopic (exact) mass is 288 g/mol. The van der Waals surface area contributed by atoms with E-state index in [0.29, 0.717) is 6.04 Å². The van der Waals surface area contributed by atoms with Crippen molar-refractivity contribution in [3.05, 3.63) is 64.9 Å². The van der Waals surface area contributed by atoms with Crippen molar-refractivity contribution in [1.82, 2.24) is 10.3 Å². The molecule has 0 spiro atoms. The zero-order chi connectivity index (χ0) is 14.6. The van der Waals surface area contributed by atoms with Gasteiger partial charge in [0.1, 0.15) is 0 Å². The fourth-order valence-corrected chi connectivity index (χ4v) is 2.77. The zero-order valence-corrected chi connectivity index (χ0v) is 13.0. The first kappa shape index (κ1) is 15.0. The fourth-order valence-electron chi connectivity index (χ4n) is 2.58. The van der Waals surface area contributed by atoms with Gasteiger partial charge in [0.2, 0.25) is 0 Å². The number of nitrogens with one attached hydrogen (secondary N) is 1. The van der Waals surface area contributed by atoms with E-state index in [1.165, 1.54) is 5.56 Å². The lowest BCUT2D eigenvalue weighted by atomic mass is 9.75. The first-order chi connectivity index (χ1) is 9.55. The second-order valence-corrected chi connectivity index (χ2v) is 6.01. The lowest BCUT2D eigenvalue weighted by Crippen LogP contribution is -2.44. The Hall–Kier alpha value is -1.38. The summed E-state index contributed by atoms with van der Waals surface area (Å²) in [7, 11) is 2.00. The lowest BCUT2D eigenvalue weighted by molar-refractivity contribution is 0.356. The molecule has 3 heteroatoms. The molecule has 0 aliphatic rings. The maximum atomic E-state index is 6.23. The van der Waals surface area contributed by atoms with Crippen LogP contribution in [0.3, 0.4) is 0 Å². The van der Waals surface area contributed by atoms with E-state index in [4.69, 9.17) is 11.6 Å². The van der Waals surface area contributed by atoms with E-state index in [9.17, 15) is 0 Å². The minimum atomic E-state index is 0.0165. The van der Waals surface area contributed by atoms with E-state index in [0.717, 1.165) is 17.0 Å². The molecule has 0 radical (unpaired) electrons. The second-order valence-electron chi connectivity index (χ2n) is 5.60. The molecule has 1 N–H and O–H groups in total. The number of likely N-dealkylation sites (N-methyl/N-ethyl adjacent to an activating group) is 1. The SMILES string of the molecule is CNC(Cc1ccncc1Cl)C(C)(C)c1ccccc1. The number of aromatic nitrogens is 1. The van der Waals surface area contributed by atoms with E-state index >= 15 is 0 Å². The van der Waals surface area contributed by atoms with Crippen LogP contribution >= 0.6 is 11.6 Å². The van der Waals surface area contributed by atoms with Crippen molar-refractivity contribution in [1.29, 1.82) is 0 Å². The molecule has 2 aromatic rings. The molecule has 2 nitrogen and oxygen atoms in total. The van der Waals surface area contributed by atoms with Gasteiger partial charge in [0, 0.05) is 23.9 Å². The van der Waals surface area contributed by atoms with Gasteiger partial charge in [-0.05, 0) is 30.7 Å². The third-order valence-corrected chi connectivity index (χ3v) is 4.36. The molecule has 0 bridgehead atoms. The van der Waals surface area contributed by atoms with Gasteiger partial charge in [-0.3, -0.25) is 4.98 Å². The predicted octanol–water partition coefficient (Wildman–Crippen LogP) is 3.84. The summed E-state index contributed by atoms with van der Waals surface area (Å²) in [4.78, 5) is 4.05. The van der Waals surface area contributed by atoms with Crippen molar-refractivity contribution >= 4 is 11.6 Å². The maximum absolute atomic E-state index is 6.23. The predicted molar refractivity (Wildman–Crippen MR) is 85.3 cm³/mol. The third kappa shape index (κ3) is 3.20. The Bertz CT molecular complexity index is 552. The Morgan fingerprint density at radius 1 is 1.20 bits per heavy atom. The van der Waals surface area contributed by atoms with Crippen molar-refractivity contribution in [2.24, 2.45) is 0 Å². The molecular weight excluding hydrogens is 268 g/mol. The van der Waals surface area contributed by atoms with Crippen LogP contribution in [0, 0.1) is 0 Å². The van der Waals surface area contributed by atoms with Gasteiger partial charge in [0.05, 0.1) is 5.02 Å². The molecule has 0 fully saturated rings. The molecule has 0 aliphatic carbocycles. The minimum absolute atomic E-state index is 0.0165. The molecule has 1 unspecified atom stereocenters. The molecule has 2 rings (SSSR count). The molecule has 1 aromatic carbocycles. The molecule has 1 aromatic heterocycles. The van der Waals surface area contributed by atoms with Crippen LogP contribution in [0.15, 0.2) is 48.8 Å². The average Bonchev–Trinajstić information content (AvgIpc) is 2.47. The summed E-state index contributed by atoms with van der Waals surface area (Å²) < 4.78 is 0. The summed E-state index contributed by atoms with van der Waals surface area (Å²) in [5.74, 6) is 0. The highest BCUT2D eigenvalue weighted by atomic mass is 35.5. The molecular formula is C17H21ClN2. The summed E-state index contributed by atoms with van der Waals surface area (Å²) in [6.07, 6.45) is 4.38. The van der Waals surface area contributed by atoms with Gasteiger partial charge >= 0.3 is 0 Å². The quantitative estimate of drug-likeness (QED) is 0.904. The van der Waals surface area contributed by atoms with E-state index in [1.54, 1.807) is 12.4 Å². The molecule has 20 heavy (non-hydrogen) atoms. The Balaban J connectivity index is 2.26. The number of hydrogen-bond donors (Lipinski definition) is 1.